The minimum atomic E-state index is -0.902. The number of carbonyl (C=O) groups is 2. The maximum Gasteiger partial charge on any atom is 0.331 e. The number of rotatable bonds is 8. The van der Waals surface area contributed by atoms with Crippen molar-refractivity contribution in [3.63, 3.8) is 0 Å². The Hall–Kier alpha value is -1.62. The first-order valence-electron chi connectivity index (χ1n) is 7.91. The summed E-state index contributed by atoms with van der Waals surface area (Å²) >= 11 is 0. The minimum absolute atomic E-state index is 0.274. The molecule has 0 aromatic carbocycles. The number of epoxide rings is 1. The third-order valence-electron chi connectivity index (χ3n) is 3.95. The summed E-state index contributed by atoms with van der Waals surface area (Å²) in [6.45, 7) is 6.32. The van der Waals surface area contributed by atoms with Crippen molar-refractivity contribution < 1.29 is 24.5 Å². The Labute approximate surface area is 131 Å². The molecular weight excluding hydrogens is 284 g/mol. The van der Waals surface area contributed by atoms with Crippen LogP contribution in [-0.4, -0.2) is 34.9 Å². The van der Waals surface area contributed by atoms with Crippen LogP contribution in [0.1, 0.15) is 51.9 Å². The molecule has 1 aliphatic carbocycles. The average Bonchev–Trinajstić information content (AvgIpc) is 3.18. The van der Waals surface area contributed by atoms with Gasteiger partial charge in [-0.25, -0.2) is 9.59 Å². The summed E-state index contributed by atoms with van der Waals surface area (Å²) in [6, 6.07) is 0. The number of hydrogen-bond donors (Lipinski definition) is 2. The third-order valence-corrected chi connectivity index (χ3v) is 3.95. The lowest BCUT2D eigenvalue weighted by Crippen LogP contribution is -2.08. The number of allylic oxidation sites excluding steroid dienone is 1. The molecule has 2 atom stereocenters. The monoisotopic (exact) mass is 310 g/mol. The van der Waals surface area contributed by atoms with Gasteiger partial charge in [0, 0.05) is 11.1 Å². The zero-order valence-corrected chi connectivity index (χ0v) is 13.2. The van der Waals surface area contributed by atoms with Crippen LogP contribution in [0.2, 0.25) is 0 Å². The molecule has 0 aromatic heterocycles. The standard InChI is InChI=1S/C10H16O2.C7H10O3/c1-2-3-5-8-6-4-7-9(8)10(11)12;1-5(7(8)9)2-3-6-4-10-6/h7-8H,2-6H2,1H3,(H,11,12);6H,1-4H2,(H,8,9). The third kappa shape index (κ3) is 6.89. The molecule has 1 saturated heterocycles. The Kier molecular flexibility index (Phi) is 7.88. The van der Waals surface area contributed by atoms with Crippen molar-refractivity contribution in [2.45, 2.75) is 58.0 Å². The largest absolute Gasteiger partial charge is 0.478 e. The van der Waals surface area contributed by atoms with E-state index in [2.05, 4.69) is 13.5 Å². The number of carboxylic acid groups (broad SMARTS) is 2. The molecule has 5 heteroatoms. The molecular formula is C17H26O5. The molecule has 0 radical (unpaired) electrons. The molecule has 1 aliphatic heterocycles. The SMILES string of the molecule is C=C(CCC1CO1)C(=O)O.CCCCC1CCC=C1C(=O)O. The van der Waals surface area contributed by atoms with Crippen LogP contribution < -0.4 is 0 Å². The van der Waals surface area contributed by atoms with Gasteiger partial charge < -0.3 is 14.9 Å². The van der Waals surface area contributed by atoms with Gasteiger partial charge >= 0.3 is 11.9 Å². The highest BCUT2D eigenvalue weighted by Gasteiger charge is 2.23. The smallest absolute Gasteiger partial charge is 0.331 e. The molecule has 2 aliphatic rings. The molecule has 2 N–H and O–H groups in total. The number of carboxylic acids is 2. The van der Waals surface area contributed by atoms with Gasteiger partial charge in [0.1, 0.15) is 0 Å². The summed E-state index contributed by atoms with van der Waals surface area (Å²) in [5, 5.41) is 17.2. The molecule has 22 heavy (non-hydrogen) atoms. The van der Waals surface area contributed by atoms with E-state index >= 15 is 0 Å². The minimum Gasteiger partial charge on any atom is -0.478 e. The molecule has 0 saturated carbocycles. The fourth-order valence-electron chi connectivity index (χ4n) is 2.45. The Bertz CT molecular complexity index is 434. The summed E-state index contributed by atoms with van der Waals surface area (Å²) in [7, 11) is 0. The number of hydrogen-bond acceptors (Lipinski definition) is 3. The van der Waals surface area contributed by atoms with Crippen LogP contribution in [0, 0.1) is 5.92 Å². The molecule has 0 amide bonds. The molecule has 1 heterocycles. The zero-order chi connectivity index (χ0) is 16.5. The average molecular weight is 310 g/mol. The van der Waals surface area contributed by atoms with Gasteiger partial charge in [-0.1, -0.05) is 32.4 Å². The van der Waals surface area contributed by atoms with Crippen molar-refractivity contribution in [1.29, 1.82) is 0 Å². The van der Waals surface area contributed by atoms with Crippen LogP contribution in [-0.2, 0) is 14.3 Å². The van der Waals surface area contributed by atoms with Crippen LogP contribution in [0.25, 0.3) is 0 Å². The van der Waals surface area contributed by atoms with E-state index in [1.165, 1.54) is 0 Å². The maximum atomic E-state index is 10.7. The molecule has 0 spiro atoms. The summed E-state index contributed by atoms with van der Waals surface area (Å²) in [5.41, 5.74) is 0.930. The molecule has 2 unspecified atom stereocenters. The van der Waals surface area contributed by atoms with Crippen LogP contribution in [0.4, 0.5) is 0 Å². The van der Waals surface area contributed by atoms with Gasteiger partial charge in [-0.2, -0.15) is 0 Å². The van der Waals surface area contributed by atoms with Gasteiger partial charge in [0.15, 0.2) is 0 Å². The highest BCUT2D eigenvalue weighted by molar-refractivity contribution is 5.87. The predicted molar refractivity (Wildman–Crippen MR) is 83.7 cm³/mol. The fourth-order valence-corrected chi connectivity index (χ4v) is 2.45. The van der Waals surface area contributed by atoms with E-state index in [1.807, 2.05) is 6.08 Å². The molecule has 1 fully saturated rings. The lowest BCUT2D eigenvalue weighted by Gasteiger charge is -2.10. The van der Waals surface area contributed by atoms with E-state index in [0.29, 0.717) is 24.0 Å². The van der Waals surface area contributed by atoms with Gasteiger partial charge in [-0.15, -0.1) is 0 Å². The van der Waals surface area contributed by atoms with E-state index in [-0.39, 0.29) is 5.57 Å². The van der Waals surface area contributed by atoms with Crippen molar-refractivity contribution in [2.24, 2.45) is 5.92 Å². The first kappa shape index (κ1) is 18.4. The summed E-state index contributed by atoms with van der Waals surface area (Å²) in [4.78, 5) is 20.9. The van der Waals surface area contributed by atoms with E-state index < -0.39 is 11.9 Å². The van der Waals surface area contributed by atoms with Crippen molar-refractivity contribution in [3.8, 4) is 0 Å². The van der Waals surface area contributed by atoms with E-state index in [1.54, 1.807) is 0 Å². The Morgan fingerprint density at radius 3 is 2.55 bits per heavy atom. The second-order valence-electron chi connectivity index (χ2n) is 5.78. The van der Waals surface area contributed by atoms with Crippen LogP contribution >= 0.6 is 0 Å². The van der Waals surface area contributed by atoms with Gasteiger partial charge in [0.25, 0.3) is 0 Å². The van der Waals surface area contributed by atoms with E-state index in [9.17, 15) is 9.59 Å². The van der Waals surface area contributed by atoms with Crippen LogP contribution in [0.5, 0.6) is 0 Å². The van der Waals surface area contributed by atoms with Crippen molar-refractivity contribution >= 4 is 11.9 Å². The van der Waals surface area contributed by atoms with Crippen molar-refractivity contribution in [2.75, 3.05) is 6.61 Å². The van der Waals surface area contributed by atoms with Gasteiger partial charge in [0.2, 0.25) is 0 Å². The highest BCUT2D eigenvalue weighted by atomic mass is 16.6. The van der Waals surface area contributed by atoms with Gasteiger partial charge in [-0.05, 0) is 38.0 Å². The molecule has 124 valence electrons. The molecule has 2 rings (SSSR count). The second kappa shape index (κ2) is 9.41. The fraction of sp³-hybridized carbons (Fsp3) is 0.647. The molecule has 5 nitrogen and oxygen atoms in total. The van der Waals surface area contributed by atoms with Crippen molar-refractivity contribution in [3.05, 3.63) is 23.8 Å². The van der Waals surface area contributed by atoms with Gasteiger partial charge in [-0.3, -0.25) is 0 Å². The van der Waals surface area contributed by atoms with Gasteiger partial charge in [0.05, 0.1) is 12.7 Å². The quantitative estimate of drug-likeness (QED) is 0.530. The first-order valence-corrected chi connectivity index (χ1v) is 7.91. The summed E-state index contributed by atoms with van der Waals surface area (Å²) in [5.74, 6) is -1.28. The molecule has 0 aromatic rings. The maximum absolute atomic E-state index is 10.7. The number of ether oxygens (including phenoxy) is 1. The second-order valence-corrected chi connectivity index (χ2v) is 5.78. The number of unbranched alkanes of at least 4 members (excludes halogenated alkanes) is 1. The van der Waals surface area contributed by atoms with E-state index in [0.717, 1.165) is 45.1 Å². The number of aliphatic carboxylic acids is 2. The Morgan fingerprint density at radius 1 is 1.36 bits per heavy atom. The van der Waals surface area contributed by atoms with Crippen LogP contribution in [0.15, 0.2) is 23.8 Å². The zero-order valence-electron chi connectivity index (χ0n) is 13.2. The normalized spacial score (nSPS) is 22.3. The Balaban J connectivity index is 0.000000224. The summed E-state index contributed by atoms with van der Waals surface area (Å²) in [6.07, 6.45) is 8.87. The first-order chi connectivity index (χ1) is 10.5. The highest BCUT2D eigenvalue weighted by Crippen LogP contribution is 2.30. The lowest BCUT2D eigenvalue weighted by atomic mass is 9.95. The van der Waals surface area contributed by atoms with Crippen molar-refractivity contribution in [1.82, 2.24) is 0 Å². The summed E-state index contributed by atoms with van der Waals surface area (Å²) < 4.78 is 4.90. The molecule has 0 bridgehead atoms. The van der Waals surface area contributed by atoms with E-state index in [4.69, 9.17) is 14.9 Å². The Morgan fingerprint density at radius 2 is 2.05 bits per heavy atom. The van der Waals surface area contributed by atoms with Crippen LogP contribution in [0.3, 0.4) is 0 Å². The lowest BCUT2D eigenvalue weighted by molar-refractivity contribution is -0.134. The topological polar surface area (TPSA) is 87.1 Å². The predicted octanol–water partition coefficient (Wildman–Crippen LogP) is 3.40.